The number of carbonyl (C=O) groups is 1. The van der Waals surface area contributed by atoms with Crippen LogP contribution in [0.4, 0.5) is 0 Å². The van der Waals surface area contributed by atoms with Gasteiger partial charge in [0.15, 0.2) is 9.84 Å². The average Bonchev–Trinajstić information content (AvgIpc) is 2.47. The molecule has 0 radical (unpaired) electrons. The third-order valence-corrected chi connectivity index (χ3v) is 3.71. The SMILES string of the molecule is C=NC(=O)c1ccc(Oc2cccnc2)c(S(C)(=O)=O)c1. The highest BCUT2D eigenvalue weighted by Crippen LogP contribution is 2.29. The second-order valence-corrected chi connectivity index (χ2v) is 6.17. The third-order valence-electron chi connectivity index (χ3n) is 2.60. The number of carbonyl (C=O) groups excluding carboxylic acids is 1. The lowest BCUT2D eigenvalue weighted by molar-refractivity contribution is 0.100. The predicted molar refractivity (Wildman–Crippen MR) is 77.7 cm³/mol. The quantitative estimate of drug-likeness (QED) is 0.808. The Bertz CT molecular complexity index is 786. The topological polar surface area (TPSA) is 85.7 Å². The van der Waals surface area contributed by atoms with Crippen LogP contribution >= 0.6 is 0 Å². The summed E-state index contributed by atoms with van der Waals surface area (Å²) in [6.07, 6.45) is 4.06. The molecule has 0 spiro atoms. The highest BCUT2D eigenvalue weighted by Gasteiger charge is 2.18. The zero-order chi connectivity index (χ0) is 15.5. The molecular weight excluding hydrogens is 292 g/mol. The third kappa shape index (κ3) is 3.51. The second kappa shape index (κ2) is 5.84. The fraction of sp³-hybridized carbons (Fsp3) is 0.0714. The van der Waals surface area contributed by atoms with Gasteiger partial charge in [0, 0.05) is 18.0 Å². The van der Waals surface area contributed by atoms with E-state index in [1.807, 2.05) is 0 Å². The van der Waals surface area contributed by atoms with Gasteiger partial charge in [-0.1, -0.05) is 0 Å². The number of ether oxygens (including phenoxy) is 1. The first kappa shape index (κ1) is 14.9. The molecule has 1 heterocycles. The summed E-state index contributed by atoms with van der Waals surface area (Å²) in [5, 5.41) is 0. The smallest absolute Gasteiger partial charge is 0.276 e. The van der Waals surface area contributed by atoms with Crippen molar-refractivity contribution in [3.05, 3.63) is 48.3 Å². The van der Waals surface area contributed by atoms with Gasteiger partial charge in [0.1, 0.15) is 16.4 Å². The van der Waals surface area contributed by atoms with E-state index in [0.29, 0.717) is 5.75 Å². The van der Waals surface area contributed by atoms with Crippen molar-refractivity contribution in [1.29, 1.82) is 0 Å². The van der Waals surface area contributed by atoms with Crippen molar-refractivity contribution in [2.45, 2.75) is 4.90 Å². The Morgan fingerprint density at radius 3 is 2.67 bits per heavy atom. The zero-order valence-corrected chi connectivity index (χ0v) is 12.0. The number of sulfone groups is 1. The maximum absolute atomic E-state index is 11.9. The molecule has 0 fully saturated rings. The Morgan fingerprint density at radius 2 is 2.10 bits per heavy atom. The number of aromatic nitrogens is 1. The molecule has 108 valence electrons. The normalized spacial score (nSPS) is 10.9. The largest absolute Gasteiger partial charge is 0.454 e. The van der Waals surface area contributed by atoms with Crippen molar-refractivity contribution < 1.29 is 17.9 Å². The van der Waals surface area contributed by atoms with Gasteiger partial charge in [-0.05, 0) is 37.0 Å². The number of benzene rings is 1. The highest BCUT2D eigenvalue weighted by molar-refractivity contribution is 7.90. The molecule has 0 aliphatic heterocycles. The summed E-state index contributed by atoms with van der Waals surface area (Å²) in [4.78, 5) is 18.5. The Morgan fingerprint density at radius 1 is 1.33 bits per heavy atom. The van der Waals surface area contributed by atoms with Crippen LogP contribution in [0.15, 0.2) is 52.6 Å². The lowest BCUT2D eigenvalue weighted by atomic mass is 10.2. The van der Waals surface area contributed by atoms with Gasteiger partial charge in [-0.15, -0.1) is 0 Å². The molecule has 1 aromatic heterocycles. The fourth-order valence-corrected chi connectivity index (χ4v) is 2.46. The molecule has 0 saturated heterocycles. The van der Waals surface area contributed by atoms with Crippen molar-refractivity contribution in [3.63, 3.8) is 0 Å². The molecule has 0 aliphatic carbocycles. The highest BCUT2D eigenvalue weighted by atomic mass is 32.2. The summed E-state index contributed by atoms with van der Waals surface area (Å²) in [6.45, 7) is 3.13. The molecule has 0 bridgehead atoms. The van der Waals surface area contributed by atoms with Gasteiger partial charge < -0.3 is 4.74 Å². The summed E-state index contributed by atoms with van der Waals surface area (Å²) >= 11 is 0. The Kier molecular flexibility index (Phi) is 4.13. The molecular formula is C14H12N2O4S. The molecule has 0 saturated carbocycles. The van der Waals surface area contributed by atoms with Crippen LogP contribution in [0, 0.1) is 0 Å². The van der Waals surface area contributed by atoms with E-state index in [-0.39, 0.29) is 16.2 Å². The molecule has 2 aromatic rings. The predicted octanol–water partition coefficient (Wildman–Crippen LogP) is 2.12. The molecule has 0 N–H and O–H groups in total. The number of hydrogen-bond donors (Lipinski definition) is 0. The number of amides is 1. The summed E-state index contributed by atoms with van der Waals surface area (Å²) in [6, 6.07) is 7.36. The minimum Gasteiger partial charge on any atom is -0.454 e. The Hall–Kier alpha value is -2.54. The van der Waals surface area contributed by atoms with Crippen LogP contribution in [-0.2, 0) is 9.84 Å². The van der Waals surface area contributed by atoms with Crippen molar-refractivity contribution in [2.24, 2.45) is 4.99 Å². The van der Waals surface area contributed by atoms with Crippen molar-refractivity contribution >= 4 is 22.5 Å². The number of aliphatic imine (C=N–C) groups is 1. The molecule has 1 amide bonds. The molecule has 0 atom stereocenters. The summed E-state index contributed by atoms with van der Waals surface area (Å²) in [5.74, 6) is -0.0951. The molecule has 6 nitrogen and oxygen atoms in total. The van der Waals surface area contributed by atoms with Crippen LogP contribution < -0.4 is 4.74 Å². The molecule has 21 heavy (non-hydrogen) atoms. The van der Waals surface area contributed by atoms with Gasteiger partial charge in [-0.2, -0.15) is 0 Å². The van der Waals surface area contributed by atoms with E-state index in [0.717, 1.165) is 6.26 Å². The molecule has 7 heteroatoms. The van der Waals surface area contributed by atoms with Crippen LogP contribution in [0.2, 0.25) is 0 Å². The lowest BCUT2D eigenvalue weighted by Crippen LogP contribution is -2.04. The van der Waals surface area contributed by atoms with E-state index < -0.39 is 15.7 Å². The Labute approximate surface area is 122 Å². The van der Waals surface area contributed by atoms with Crippen LogP contribution in [0.1, 0.15) is 10.4 Å². The van der Waals surface area contributed by atoms with Gasteiger partial charge in [0.2, 0.25) is 0 Å². The first-order chi connectivity index (χ1) is 9.91. The number of pyridine rings is 1. The lowest BCUT2D eigenvalue weighted by Gasteiger charge is -2.10. The summed E-state index contributed by atoms with van der Waals surface area (Å²) in [7, 11) is -3.58. The van der Waals surface area contributed by atoms with E-state index in [1.54, 1.807) is 18.3 Å². The minimum absolute atomic E-state index is 0.0964. The first-order valence-electron chi connectivity index (χ1n) is 5.85. The second-order valence-electron chi connectivity index (χ2n) is 4.19. The standard InChI is InChI=1S/C14H12N2O4S/c1-15-14(17)10-5-6-12(13(8-10)21(2,18)19)20-11-4-3-7-16-9-11/h3-9H,1H2,2H3. The van der Waals surface area contributed by atoms with Crippen molar-refractivity contribution in [3.8, 4) is 11.5 Å². The number of rotatable bonds is 4. The van der Waals surface area contributed by atoms with E-state index in [9.17, 15) is 13.2 Å². The van der Waals surface area contributed by atoms with E-state index in [1.165, 1.54) is 24.4 Å². The number of hydrogen-bond acceptors (Lipinski definition) is 5. The van der Waals surface area contributed by atoms with E-state index in [2.05, 4.69) is 16.7 Å². The molecule has 0 unspecified atom stereocenters. The monoisotopic (exact) mass is 304 g/mol. The molecule has 2 rings (SSSR count). The average molecular weight is 304 g/mol. The van der Waals surface area contributed by atoms with Crippen LogP contribution in [0.5, 0.6) is 11.5 Å². The van der Waals surface area contributed by atoms with Crippen molar-refractivity contribution in [1.82, 2.24) is 4.98 Å². The van der Waals surface area contributed by atoms with Crippen LogP contribution in [0.25, 0.3) is 0 Å². The Balaban J connectivity index is 2.51. The zero-order valence-electron chi connectivity index (χ0n) is 11.2. The van der Waals surface area contributed by atoms with Crippen LogP contribution in [0.3, 0.4) is 0 Å². The van der Waals surface area contributed by atoms with Gasteiger partial charge in [0.25, 0.3) is 5.91 Å². The van der Waals surface area contributed by atoms with Gasteiger partial charge in [-0.3, -0.25) is 9.78 Å². The number of nitrogens with zero attached hydrogens (tertiary/aromatic N) is 2. The maximum Gasteiger partial charge on any atom is 0.276 e. The maximum atomic E-state index is 11.9. The van der Waals surface area contributed by atoms with Gasteiger partial charge in [-0.25, -0.2) is 13.4 Å². The van der Waals surface area contributed by atoms with Crippen molar-refractivity contribution in [2.75, 3.05) is 6.26 Å². The summed E-state index contributed by atoms with van der Waals surface area (Å²) < 4.78 is 29.2. The van der Waals surface area contributed by atoms with E-state index >= 15 is 0 Å². The van der Waals surface area contributed by atoms with E-state index in [4.69, 9.17) is 4.74 Å². The van der Waals surface area contributed by atoms with Crippen LogP contribution in [-0.4, -0.2) is 32.3 Å². The summed E-state index contributed by atoms with van der Waals surface area (Å²) in [5.41, 5.74) is 0.129. The van der Waals surface area contributed by atoms with Gasteiger partial charge >= 0.3 is 0 Å². The van der Waals surface area contributed by atoms with Gasteiger partial charge in [0.05, 0.1) is 6.20 Å². The molecule has 1 aromatic carbocycles. The minimum atomic E-state index is -3.58. The fourth-order valence-electron chi connectivity index (χ4n) is 1.64. The molecule has 0 aliphatic rings. The first-order valence-corrected chi connectivity index (χ1v) is 7.74.